The number of fused-ring (bicyclic) bond motifs is 1. The summed E-state index contributed by atoms with van der Waals surface area (Å²) in [6, 6.07) is 0.0519. The Labute approximate surface area is 160 Å². The van der Waals surface area contributed by atoms with Gasteiger partial charge in [-0.05, 0) is 0 Å². The van der Waals surface area contributed by atoms with Crippen LogP contribution < -0.4 is 15.6 Å². The number of amides is 1. The van der Waals surface area contributed by atoms with Gasteiger partial charge in [0.1, 0.15) is 18.9 Å². The Hall–Kier alpha value is -2.76. The van der Waals surface area contributed by atoms with Gasteiger partial charge in [-0.25, -0.2) is 0 Å². The third kappa shape index (κ3) is 3.77. The van der Waals surface area contributed by atoms with Crippen molar-refractivity contribution in [2.75, 3.05) is 18.5 Å². The fourth-order valence-electron chi connectivity index (χ4n) is 2.82. The molecule has 0 radical (unpaired) electrons. The molecule has 0 aromatic carbocycles. The number of nitrogens with zero attached hydrogens (tertiary/aromatic N) is 3. The number of carbonyl (C=O) groups excluding carboxylic acids is 1. The molecule has 28 heavy (non-hydrogen) atoms. The summed E-state index contributed by atoms with van der Waals surface area (Å²) in [6.07, 6.45) is -0.793. The van der Waals surface area contributed by atoms with Crippen LogP contribution in [0.2, 0.25) is 0 Å². The fourth-order valence-corrected chi connectivity index (χ4v) is 2.82. The summed E-state index contributed by atoms with van der Waals surface area (Å²) in [5, 5.41) is 21.9. The van der Waals surface area contributed by atoms with Crippen LogP contribution in [0, 0.1) is 5.92 Å². The molecule has 1 aliphatic rings. The zero-order chi connectivity index (χ0) is 20.4. The van der Waals surface area contributed by atoms with E-state index in [0.717, 1.165) is 0 Å². The van der Waals surface area contributed by atoms with Crippen LogP contribution in [0.15, 0.2) is 17.4 Å². The highest BCUT2D eigenvalue weighted by atomic mass is 16.6. The second-order valence-corrected chi connectivity index (χ2v) is 6.71. The topological polar surface area (TPSA) is 152 Å². The summed E-state index contributed by atoms with van der Waals surface area (Å²) in [5.41, 5.74) is -0.451. The van der Waals surface area contributed by atoms with E-state index in [9.17, 15) is 19.8 Å². The van der Waals surface area contributed by atoms with Gasteiger partial charge in [-0.2, -0.15) is 9.97 Å². The van der Waals surface area contributed by atoms with Crippen LogP contribution in [-0.4, -0.2) is 61.1 Å². The minimum absolute atomic E-state index is 0.00727. The average Bonchev–Trinajstić information content (AvgIpc) is 3.19. The largest absolute Gasteiger partial charge is 0.460 e. The van der Waals surface area contributed by atoms with Gasteiger partial charge in [0.05, 0.1) is 12.7 Å². The Kier molecular flexibility index (Phi) is 5.77. The van der Waals surface area contributed by atoms with Crippen molar-refractivity contribution >= 4 is 23.0 Å². The SMILES string of the molecule is C=CCOc1nc2c(=O)[nH]c(NC(=O)C(C)C)nc2n1C1CC(O)C(CO)O1. The maximum atomic E-state index is 12.5. The van der Waals surface area contributed by atoms with Crippen LogP contribution in [0.3, 0.4) is 0 Å². The number of hydrogen-bond acceptors (Lipinski definition) is 8. The van der Waals surface area contributed by atoms with E-state index in [2.05, 4.69) is 26.8 Å². The quantitative estimate of drug-likeness (QED) is 0.477. The molecule has 11 heteroatoms. The van der Waals surface area contributed by atoms with Gasteiger partial charge >= 0.3 is 6.01 Å². The number of nitrogens with one attached hydrogen (secondary N) is 2. The minimum Gasteiger partial charge on any atom is -0.460 e. The number of ether oxygens (including phenoxy) is 2. The fraction of sp³-hybridized carbons (Fsp3) is 0.529. The highest BCUT2D eigenvalue weighted by Crippen LogP contribution is 2.34. The Morgan fingerprint density at radius 2 is 2.29 bits per heavy atom. The first-order valence-corrected chi connectivity index (χ1v) is 8.86. The number of H-pyrrole nitrogens is 1. The highest BCUT2D eigenvalue weighted by molar-refractivity contribution is 5.91. The second kappa shape index (κ2) is 8.09. The molecule has 3 atom stereocenters. The van der Waals surface area contributed by atoms with Crippen LogP contribution in [0.25, 0.3) is 11.2 Å². The third-order valence-corrected chi connectivity index (χ3v) is 4.29. The zero-order valence-electron chi connectivity index (χ0n) is 15.6. The Bertz CT molecular complexity index is 936. The standard InChI is InChI=1S/C17H23N5O6/c1-4-5-27-17-18-12-13(22(17)11-6-9(24)10(7-23)28-11)19-16(21-15(12)26)20-14(25)8(2)3/h4,8-11,23-24H,1,5-7H2,2-3H3,(H2,19,20,21,25,26). The average molecular weight is 393 g/mol. The first-order valence-electron chi connectivity index (χ1n) is 8.86. The first-order chi connectivity index (χ1) is 13.3. The molecule has 1 saturated heterocycles. The van der Waals surface area contributed by atoms with Gasteiger partial charge in [0.15, 0.2) is 11.2 Å². The predicted molar refractivity (Wildman–Crippen MR) is 98.9 cm³/mol. The number of aliphatic hydroxyl groups is 2. The van der Waals surface area contributed by atoms with Crippen molar-refractivity contribution in [3.8, 4) is 6.01 Å². The number of aromatic nitrogens is 4. The number of carbonyl (C=O) groups is 1. The van der Waals surface area contributed by atoms with Gasteiger partial charge < -0.3 is 19.7 Å². The molecular weight excluding hydrogens is 370 g/mol. The minimum atomic E-state index is -0.901. The normalized spacial score (nSPS) is 22.0. The van der Waals surface area contributed by atoms with Crippen LogP contribution in [0.1, 0.15) is 26.5 Å². The molecule has 0 aliphatic carbocycles. The number of aromatic amines is 1. The van der Waals surface area contributed by atoms with Crippen LogP contribution in [-0.2, 0) is 9.53 Å². The van der Waals surface area contributed by atoms with Crippen molar-refractivity contribution in [2.45, 2.75) is 38.7 Å². The van der Waals surface area contributed by atoms with Crippen molar-refractivity contribution < 1.29 is 24.5 Å². The van der Waals surface area contributed by atoms with Gasteiger partial charge in [0, 0.05) is 12.3 Å². The van der Waals surface area contributed by atoms with Crippen molar-refractivity contribution in [1.82, 2.24) is 19.5 Å². The maximum absolute atomic E-state index is 12.5. The molecule has 3 unspecified atom stereocenters. The maximum Gasteiger partial charge on any atom is 0.301 e. The molecule has 0 bridgehead atoms. The van der Waals surface area contributed by atoms with E-state index < -0.39 is 24.0 Å². The lowest BCUT2D eigenvalue weighted by molar-refractivity contribution is -0.118. The van der Waals surface area contributed by atoms with Gasteiger partial charge in [-0.3, -0.25) is 24.5 Å². The molecular formula is C17H23N5O6. The molecule has 0 spiro atoms. The molecule has 0 saturated carbocycles. The molecule has 152 valence electrons. The van der Waals surface area contributed by atoms with E-state index in [1.165, 1.54) is 10.6 Å². The van der Waals surface area contributed by atoms with E-state index in [4.69, 9.17) is 9.47 Å². The second-order valence-electron chi connectivity index (χ2n) is 6.71. The van der Waals surface area contributed by atoms with Gasteiger partial charge in [0.25, 0.3) is 5.56 Å². The first kappa shape index (κ1) is 20.0. The van der Waals surface area contributed by atoms with E-state index in [1.54, 1.807) is 13.8 Å². The summed E-state index contributed by atoms with van der Waals surface area (Å²) in [4.78, 5) is 35.4. The predicted octanol–water partition coefficient (Wildman–Crippen LogP) is -0.0804. The summed E-state index contributed by atoms with van der Waals surface area (Å²) in [6.45, 7) is 6.75. The number of rotatable bonds is 7. The van der Waals surface area contributed by atoms with Crippen LogP contribution in [0.5, 0.6) is 6.01 Å². The monoisotopic (exact) mass is 393 g/mol. The number of imidazole rings is 1. The van der Waals surface area contributed by atoms with Gasteiger partial charge in [-0.15, -0.1) is 0 Å². The van der Waals surface area contributed by atoms with Gasteiger partial charge in [-0.1, -0.05) is 26.5 Å². The molecule has 3 heterocycles. The molecule has 4 N–H and O–H groups in total. The number of anilines is 1. The molecule has 1 amide bonds. The third-order valence-electron chi connectivity index (χ3n) is 4.29. The van der Waals surface area contributed by atoms with Crippen molar-refractivity contribution in [3.05, 3.63) is 23.0 Å². The lowest BCUT2D eigenvalue weighted by Gasteiger charge is -2.16. The molecule has 2 aromatic rings. The summed E-state index contributed by atoms with van der Waals surface area (Å²) in [5.74, 6) is -0.662. The number of aliphatic hydroxyl groups excluding tert-OH is 2. The number of hydrogen-bond donors (Lipinski definition) is 4. The zero-order valence-corrected chi connectivity index (χ0v) is 15.6. The molecule has 11 nitrogen and oxygen atoms in total. The smallest absolute Gasteiger partial charge is 0.301 e. The molecule has 3 rings (SSSR count). The summed E-state index contributed by atoms with van der Waals surface area (Å²) >= 11 is 0. The van der Waals surface area contributed by atoms with Crippen LogP contribution >= 0.6 is 0 Å². The highest BCUT2D eigenvalue weighted by Gasteiger charge is 2.37. The Balaban J connectivity index is 2.09. The van der Waals surface area contributed by atoms with Crippen LogP contribution in [0.4, 0.5) is 5.95 Å². The molecule has 1 fully saturated rings. The van der Waals surface area contributed by atoms with Crippen molar-refractivity contribution in [2.24, 2.45) is 5.92 Å². The Morgan fingerprint density at radius 1 is 1.54 bits per heavy atom. The van der Waals surface area contributed by atoms with E-state index >= 15 is 0 Å². The van der Waals surface area contributed by atoms with E-state index in [-0.39, 0.29) is 54.6 Å². The van der Waals surface area contributed by atoms with E-state index in [0.29, 0.717) is 0 Å². The summed E-state index contributed by atoms with van der Waals surface area (Å²) < 4.78 is 12.6. The Morgan fingerprint density at radius 3 is 2.89 bits per heavy atom. The lowest BCUT2D eigenvalue weighted by Crippen LogP contribution is -2.24. The molecule has 1 aliphatic heterocycles. The van der Waals surface area contributed by atoms with Crippen molar-refractivity contribution in [3.63, 3.8) is 0 Å². The van der Waals surface area contributed by atoms with E-state index in [1.807, 2.05) is 0 Å². The summed E-state index contributed by atoms with van der Waals surface area (Å²) in [7, 11) is 0. The molecule has 2 aromatic heterocycles. The van der Waals surface area contributed by atoms with Gasteiger partial charge in [0.2, 0.25) is 11.9 Å². The lowest BCUT2D eigenvalue weighted by atomic mass is 10.2. The van der Waals surface area contributed by atoms with Crippen molar-refractivity contribution in [1.29, 1.82) is 0 Å².